The molecule has 0 aliphatic heterocycles. The maximum absolute atomic E-state index is 11.9. The van der Waals surface area contributed by atoms with E-state index < -0.39 is 5.97 Å². The van der Waals surface area contributed by atoms with Gasteiger partial charge >= 0.3 is 5.97 Å². The molecular formula is C19H27NO4. The van der Waals surface area contributed by atoms with E-state index in [-0.39, 0.29) is 31.6 Å². The van der Waals surface area contributed by atoms with E-state index in [0.29, 0.717) is 5.92 Å². The van der Waals surface area contributed by atoms with Gasteiger partial charge in [-0.3, -0.25) is 9.59 Å². The molecule has 1 aromatic rings. The maximum Gasteiger partial charge on any atom is 0.309 e. The van der Waals surface area contributed by atoms with Crippen LogP contribution in [0.5, 0.6) is 5.75 Å². The van der Waals surface area contributed by atoms with Crippen molar-refractivity contribution in [3.05, 3.63) is 29.8 Å². The molecule has 1 amide bonds. The van der Waals surface area contributed by atoms with Gasteiger partial charge in [-0.05, 0) is 37.8 Å². The minimum Gasteiger partial charge on any atom is -0.493 e. The molecule has 1 aromatic carbocycles. The summed E-state index contributed by atoms with van der Waals surface area (Å²) in [7, 11) is 0. The molecule has 132 valence electrons. The van der Waals surface area contributed by atoms with E-state index in [0.717, 1.165) is 30.6 Å². The third-order valence-corrected chi connectivity index (χ3v) is 4.42. The lowest BCUT2D eigenvalue weighted by Crippen LogP contribution is -2.42. The highest BCUT2D eigenvalue weighted by molar-refractivity contribution is 5.80. The summed E-state index contributed by atoms with van der Waals surface area (Å²) in [6.07, 6.45) is 4.64. The van der Waals surface area contributed by atoms with Crippen molar-refractivity contribution in [1.82, 2.24) is 5.32 Å². The molecular weight excluding hydrogens is 306 g/mol. The standard InChI is InChI=1S/C19H27NO4/c1-14-7-9-16(10-8-14)23-12-11-19(22)24-13-18(21)20-17-6-4-3-5-15(17)2/h7-10,15,17H,3-6,11-13H2,1-2H3,(H,20,21)/t15-,17-/m0/s1. The van der Waals surface area contributed by atoms with Gasteiger partial charge in [0.05, 0.1) is 13.0 Å². The van der Waals surface area contributed by atoms with Crippen molar-refractivity contribution in [1.29, 1.82) is 0 Å². The monoisotopic (exact) mass is 333 g/mol. The highest BCUT2D eigenvalue weighted by atomic mass is 16.5. The third kappa shape index (κ3) is 6.22. The number of nitrogens with one attached hydrogen (secondary N) is 1. The summed E-state index contributed by atoms with van der Waals surface area (Å²) < 4.78 is 10.5. The van der Waals surface area contributed by atoms with Crippen LogP contribution in [0.3, 0.4) is 0 Å². The van der Waals surface area contributed by atoms with Gasteiger partial charge in [-0.1, -0.05) is 37.5 Å². The van der Waals surface area contributed by atoms with Crippen LogP contribution < -0.4 is 10.1 Å². The Hall–Kier alpha value is -2.04. The number of hydrogen-bond acceptors (Lipinski definition) is 4. The largest absolute Gasteiger partial charge is 0.493 e. The summed E-state index contributed by atoms with van der Waals surface area (Å²) in [5.74, 6) is 0.564. The predicted molar refractivity (Wildman–Crippen MR) is 91.8 cm³/mol. The minimum absolute atomic E-state index is 0.126. The fourth-order valence-corrected chi connectivity index (χ4v) is 2.88. The molecule has 2 rings (SSSR count). The van der Waals surface area contributed by atoms with Crippen molar-refractivity contribution in [2.24, 2.45) is 5.92 Å². The van der Waals surface area contributed by atoms with Crippen molar-refractivity contribution >= 4 is 11.9 Å². The lowest BCUT2D eigenvalue weighted by atomic mass is 9.86. The average Bonchev–Trinajstić information content (AvgIpc) is 2.57. The number of rotatable bonds is 7. The first-order valence-corrected chi connectivity index (χ1v) is 8.69. The second-order valence-corrected chi connectivity index (χ2v) is 6.51. The van der Waals surface area contributed by atoms with Crippen LogP contribution in [0.15, 0.2) is 24.3 Å². The van der Waals surface area contributed by atoms with E-state index in [1.807, 2.05) is 31.2 Å². The molecule has 2 atom stereocenters. The van der Waals surface area contributed by atoms with Gasteiger partial charge in [-0.15, -0.1) is 0 Å². The van der Waals surface area contributed by atoms with Crippen LogP contribution in [0.1, 0.15) is 44.6 Å². The van der Waals surface area contributed by atoms with Crippen LogP contribution in [-0.4, -0.2) is 31.1 Å². The lowest BCUT2D eigenvalue weighted by Gasteiger charge is -2.29. The van der Waals surface area contributed by atoms with E-state index in [4.69, 9.17) is 9.47 Å². The molecule has 0 bridgehead atoms. The second kappa shape index (κ2) is 9.30. The maximum atomic E-state index is 11.9. The van der Waals surface area contributed by atoms with Crippen molar-refractivity contribution in [2.45, 2.75) is 52.0 Å². The van der Waals surface area contributed by atoms with E-state index in [2.05, 4.69) is 12.2 Å². The zero-order chi connectivity index (χ0) is 17.4. The van der Waals surface area contributed by atoms with Gasteiger partial charge < -0.3 is 14.8 Å². The van der Waals surface area contributed by atoms with E-state index in [1.54, 1.807) is 0 Å². The van der Waals surface area contributed by atoms with Crippen LogP contribution in [0, 0.1) is 12.8 Å². The Morgan fingerprint density at radius 1 is 1.17 bits per heavy atom. The molecule has 0 aromatic heterocycles. The first-order valence-electron chi connectivity index (χ1n) is 8.69. The van der Waals surface area contributed by atoms with Gasteiger partial charge in [0.2, 0.25) is 0 Å². The van der Waals surface area contributed by atoms with Crippen molar-refractivity contribution < 1.29 is 19.1 Å². The number of carbonyl (C=O) groups is 2. The molecule has 1 saturated carbocycles. The third-order valence-electron chi connectivity index (χ3n) is 4.42. The molecule has 1 fully saturated rings. The molecule has 0 spiro atoms. The molecule has 0 radical (unpaired) electrons. The molecule has 0 heterocycles. The zero-order valence-corrected chi connectivity index (χ0v) is 14.5. The van der Waals surface area contributed by atoms with E-state index in [9.17, 15) is 9.59 Å². The number of esters is 1. The number of benzene rings is 1. The van der Waals surface area contributed by atoms with E-state index >= 15 is 0 Å². The number of carbonyl (C=O) groups excluding carboxylic acids is 2. The molecule has 5 heteroatoms. The summed E-state index contributed by atoms with van der Waals surface area (Å²) in [6.45, 7) is 4.18. The summed E-state index contributed by atoms with van der Waals surface area (Å²) in [5, 5.41) is 2.96. The van der Waals surface area contributed by atoms with Gasteiger partial charge in [-0.2, -0.15) is 0 Å². The quantitative estimate of drug-likeness (QED) is 0.779. The molecule has 5 nitrogen and oxygen atoms in total. The summed E-state index contributed by atoms with van der Waals surface area (Å²) in [6, 6.07) is 7.82. The van der Waals surface area contributed by atoms with Crippen molar-refractivity contribution in [3.8, 4) is 5.75 Å². The highest BCUT2D eigenvalue weighted by Gasteiger charge is 2.23. The second-order valence-electron chi connectivity index (χ2n) is 6.51. The van der Waals surface area contributed by atoms with Gasteiger partial charge in [0.25, 0.3) is 5.91 Å². The topological polar surface area (TPSA) is 64.6 Å². The highest BCUT2D eigenvalue weighted by Crippen LogP contribution is 2.23. The fraction of sp³-hybridized carbons (Fsp3) is 0.579. The van der Waals surface area contributed by atoms with Gasteiger partial charge in [-0.25, -0.2) is 0 Å². The van der Waals surface area contributed by atoms with Crippen LogP contribution in [0.4, 0.5) is 0 Å². The van der Waals surface area contributed by atoms with Crippen LogP contribution in [0.2, 0.25) is 0 Å². The number of hydrogen-bond donors (Lipinski definition) is 1. The van der Waals surface area contributed by atoms with Crippen molar-refractivity contribution in [3.63, 3.8) is 0 Å². The van der Waals surface area contributed by atoms with E-state index in [1.165, 1.54) is 6.42 Å². The first kappa shape index (κ1) is 18.3. The smallest absolute Gasteiger partial charge is 0.309 e. The van der Waals surface area contributed by atoms with Crippen LogP contribution >= 0.6 is 0 Å². The Morgan fingerprint density at radius 2 is 1.88 bits per heavy atom. The predicted octanol–water partition coefficient (Wildman–Crippen LogP) is 3.00. The molecule has 0 unspecified atom stereocenters. The lowest BCUT2D eigenvalue weighted by molar-refractivity contribution is -0.149. The average molecular weight is 333 g/mol. The molecule has 1 N–H and O–H groups in total. The fourth-order valence-electron chi connectivity index (χ4n) is 2.88. The van der Waals surface area contributed by atoms with Gasteiger partial charge in [0.1, 0.15) is 5.75 Å². The van der Waals surface area contributed by atoms with Crippen molar-refractivity contribution in [2.75, 3.05) is 13.2 Å². The Bertz CT molecular complexity index is 541. The summed E-state index contributed by atoms with van der Waals surface area (Å²) >= 11 is 0. The van der Waals surface area contributed by atoms with Crippen LogP contribution in [0.25, 0.3) is 0 Å². The Balaban J connectivity index is 1.60. The number of ether oxygens (including phenoxy) is 2. The van der Waals surface area contributed by atoms with Crippen LogP contribution in [-0.2, 0) is 14.3 Å². The summed E-state index contributed by atoms with van der Waals surface area (Å²) in [4.78, 5) is 23.5. The molecule has 1 aliphatic carbocycles. The SMILES string of the molecule is Cc1ccc(OCCC(=O)OCC(=O)N[C@H]2CCCC[C@@H]2C)cc1. The number of amides is 1. The minimum atomic E-state index is -0.422. The number of aryl methyl sites for hydroxylation is 1. The Morgan fingerprint density at radius 3 is 2.58 bits per heavy atom. The zero-order valence-electron chi connectivity index (χ0n) is 14.5. The normalized spacial score (nSPS) is 20.2. The first-order chi connectivity index (χ1) is 11.5. The Kier molecular flexibility index (Phi) is 7.09. The van der Waals surface area contributed by atoms with Gasteiger partial charge in [0.15, 0.2) is 6.61 Å². The molecule has 0 saturated heterocycles. The summed E-state index contributed by atoms with van der Waals surface area (Å²) in [5.41, 5.74) is 1.15. The Labute approximate surface area is 143 Å². The molecule has 1 aliphatic rings. The van der Waals surface area contributed by atoms with Gasteiger partial charge in [0, 0.05) is 6.04 Å². The molecule has 24 heavy (non-hydrogen) atoms.